The molecule has 1 aliphatic rings. The first kappa shape index (κ1) is 13.6. The quantitative estimate of drug-likeness (QED) is 0.815. The van der Waals surface area contributed by atoms with E-state index in [0.717, 1.165) is 29.8 Å². The molecule has 0 amide bonds. The third kappa shape index (κ3) is 2.73. The summed E-state index contributed by atoms with van der Waals surface area (Å²) in [6.45, 7) is 4.32. The van der Waals surface area contributed by atoms with Crippen LogP contribution in [0.5, 0.6) is 0 Å². The fourth-order valence-corrected chi connectivity index (χ4v) is 3.34. The molecule has 1 N–H and O–H groups in total. The van der Waals surface area contributed by atoms with Gasteiger partial charge in [-0.15, -0.1) is 0 Å². The minimum absolute atomic E-state index is 0.197. The van der Waals surface area contributed by atoms with Gasteiger partial charge >= 0.3 is 0 Å². The van der Waals surface area contributed by atoms with Crippen LogP contribution in [0.25, 0.3) is 11.0 Å². The van der Waals surface area contributed by atoms with E-state index in [0.29, 0.717) is 11.8 Å². The molecule has 2 unspecified atom stereocenters. The SMILES string of the molecule is CCCNCC1CCCC1c1cc2cc(F)ccc2o1. The van der Waals surface area contributed by atoms with Crippen molar-refractivity contribution in [2.45, 2.75) is 38.5 Å². The van der Waals surface area contributed by atoms with Crippen LogP contribution >= 0.6 is 0 Å². The Morgan fingerprint density at radius 2 is 2.20 bits per heavy atom. The van der Waals surface area contributed by atoms with E-state index in [1.54, 1.807) is 12.1 Å². The first-order chi connectivity index (χ1) is 9.78. The molecule has 0 bridgehead atoms. The summed E-state index contributed by atoms with van der Waals surface area (Å²) in [7, 11) is 0. The lowest BCUT2D eigenvalue weighted by Crippen LogP contribution is -2.25. The van der Waals surface area contributed by atoms with Gasteiger partial charge in [-0.05, 0) is 62.5 Å². The first-order valence-corrected chi connectivity index (χ1v) is 7.67. The average Bonchev–Trinajstić information content (AvgIpc) is 3.04. The highest BCUT2D eigenvalue weighted by Gasteiger charge is 2.30. The highest BCUT2D eigenvalue weighted by molar-refractivity contribution is 5.78. The molecular formula is C17H22FNO. The van der Waals surface area contributed by atoms with Gasteiger partial charge in [-0.3, -0.25) is 0 Å². The second kappa shape index (κ2) is 5.96. The molecule has 0 spiro atoms. The fourth-order valence-electron chi connectivity index (χ4n) is 3.34. The van der Waals surface area contributed by atoms with Crippen LogP contribution < -0.4 is 5.32 Å². The topological polar surface area (TPSA) is 25.2 Å². The molecule has 3 rings (SSSR count). The van der Waals surface area contributed by atoms with E-state index >= 15 is 0 Å². The highest BCUT2D eigenvalue weighted by atomic mass is 19.1. The van der Waals surface area contributed by atoms with Gasteiger partial charge in [-0.1, -0.05) is 13.3 Å². The Hall–Kier alpha value is -1.35. The lowest BCUT2D eigenvalue weighted by molar-refractivity contribution is 0.391. The lowest BCUT2D eigenvalue weighted by atomic mass is 9.93. The second-order valence-corrected chi connectivity index (χ2v) is 5.83. The van der Waals surface area contributed by atoms with Gasteiger partial charge in [0.05, 0.1) is 0 Å². The van der Waals surface area contributed by atoms with Crippen LogP contribution in [0.15, 0.2) is 28.7 Å². The van der Waals surface area contributed by atoms with Crippen LogP contribution in [-0.4, -0.2) is 13.1 Å². The molecule has 1 fully saturated rings. The van der Waals surface area contributed by atoms with Crippen LogP contribution in [0, 0.1) is 11.7 Å². The summed E-state index contributed by atoms with van der Waals surface area (Å²) in [5.41, 5.74) is 0.800. The maximum atomic E-state index is 13.3. The summed E-state index contributed by atoms with van der Waals surface area (Å²) in [4.78, 5) is 0. The zero-order chi connectivity index (χ0) is 13.9. The van der Waals surface area contributed by atoms with E-state index in [1.165, 1.54) is 31.7 Å². The van der Waals surface area contributed by atoms with Crippen molar-refractivity contribution >= 4 is 11.0 Å². The number of fused-ring (bicyclic) bond motifs is 1. The van der Waals surface area contributed by atoms with E-state index in [4.69, 9.17) is 4.42 Å². The zero-order valence-corrected chi connectivity index (χ0v) is 12.0. The van der Waals surface area contributed by atoms with Crippen LogP contribution in [0.2, 0.25) is 0 Å². The third-order valence-corrected chi connectivity index (χ3v) is 4.36. The Morgan fingerprint density at radius 1 is 1.30 bits per heavy atom. The Balaban J connectivity index is 1.78. The van der Waals surface area contributed by atoms with Crippen molar-refractivity contribution in [3.05, 3.63) is 35.8 Å². The summed E-state index contributed by atoms with van der Waals surface area (Å²) < 4.78 is 19.2. The molecule has 1 aromatic heterocycles. The molecule has 2 nitrogen and oxygen atoms in total. The molecule has 108 valence electrons. The van der Waals surface area contributed by atoms with E-state index in [-0.39, 0.29) is 5.82 Å². The Morgan fingerprint density at radius 3 is 3.05 bits per heavy atom. The number of hydrogen-bond acceptors (Lipinski definition) is 2. The molecule has 1 aromatic carbocycles. The molecule has 0 radical (unpaired) electrons. The molecule has 0 saturated heterocycles. The van der Waals surface area contributed by atoms with Gasteiger partial charge in [0.15, 0.2) is 0 Å². The summed E-state index contributed by atoms with van der Waals surface area (Å²) in [6.07, 6.45) is 4.86. The molecule has 1 heterocycles. The zero-order valence-electron chi connectivity index (χ0n) is 12.0. The summed E-state index contributed by atoms with van der Waals surface area (Å²) in [5.74, 6) is 1.96. The number of rotatable bonds is 5. The standard InChI is InChI=1S/C17H22FNO/c1-2-8-19-11-12-4-3-5-15(12)17-10-13-9-14(18)6-7-16(13)20-17/h6-7,9-10,12,15,19H,2-5,8,11H2,1H3. The first-order valence-electron chi connectivity index (χ1n) is 7.67. The van der Waals surface area contributed by atoms with Crippen molar-refractivity contribution in [3.63, 3.8) is 0 Å². The highest BCUT2D eigenvalue weighted by Crippen LogP contribution is 2.41. The summed E-state index contributed by atoms with van der Waals surface area (Å²) in [6, 6.07) is 6.78. The van der Waals surface area contributed by atoms with Crippen molar-refractivity contribution in [1.82, 2.24) is 5.32 Å². The normalized spacial score (nSPS) is 22.7. The van der Waals surface area contributed by atoms with Gasteiger partial charge in [0.2, 0.25) is 0 Å². The Bertz CT molecular complexity index is 577. The van der Waals surface area contributed by atoms with Gasteiger partial charge in [-0.25, -0.2) is 4.39 Å². The molecule has 2 aromatic rings. The van der Waals surface area contributed by atoms with Crippen LogP contribution in [0.4, 0.5) is 4.39 Å². The van der Waals surface area contributed by atoms with Crippen molar-refractivity contribution in [3.8, 4) is 0 Å². The van der Waals surface area contributed by atoms with Crippen LogP contribution in [-0.2, 0) is 0 Å². The maximum absolute atomic E-state index is 13.3. The third-order valence-electron chi connectivity index (χ3n) is 4.36. The van der Waals surface area contributed by atoms with Gasteiger partial charge in [-0.2, -0.15) is 0 Å². The number of furan rings is 1. The number of benzene rings is 1. The Kier molecular flexibility index (Phi) is 4.06. The van der Waals surface area contributed by atoms with E-state index in [9.17, 15) is 4.39 Å². The van der Waals surface area contributed by atoms with E-state index < -0.39 is 0 Å². The number of nitrogens with one attached hydrogen (secondary N) is 1. The average molecular weight is 275 g/mol. The van der Waals surface area contributed by atoms with Crippen LogP contribution in [0.3, 0.4) is 0 Å². The molecule has 1 aliphatic carbocycles. The van der Waals surface area contributed by atoms with Crippen molar-refractivity contribution in [2.75, 3.05) is 13.1 Å². The van der Waals surface area contributed by atoms with Crippen molar-refractivity contribution in [1.29, 1.82) is 0 Å². The van der Waals surface area contributed by atoms with Gasteiger partial charge < -0.3 is 9.73 Å². The Labute approximate surface area is 119 Å². The van der Waals surface area contributed by atoms with Gasteiger partial charge in [0.25, 0.3) is 0 Å². The van der Waals surface area contributed by atoms with Crippen LogP contribution in [0.1, 0.15) is 44.3 Å². The van der Waals surface area contributed by atoms with Gasteiger partial charge in [0, 0.05) is 11.3 Å². The maximum Gasteiger partial charge on any atom is 0.134 e. The summed E-state index contributed by atoms with van der Waals surface area (Å²) >= 11 is 0. The number of halogens is 1. The van der Waals surface area contributed by atoms with Crippen molar-refractivity contribution < 1.29 is 8.81 Å². The minimum Gasteiger partial charge on any atom is -0.461 e. The second-order valence-electron chi connectivity index (χ2n) is 5.83. The molecular weight excluding hydrogens is 253 g/mol. The molecule has 3 heteroatoms. The fraction of sp³-hybridized carbons (Fsp3) is 0.529. The van der Waals surface area contributed by atoms with E-state index in [1.807, 2.05) is 6.07 Å². The predicted octanol–water partition coefficient (Wildman–Crippen LogP) is 4.46. The monoisotopic (exact) mass is 275 g/mol. The molecule has 1 saturated carbocycles. The van der Waals surface area contributed by atoms with Gasteiger partial charge in [0.1, 0.15) is 17.2 Å². The molecule has 20 heavy (non-hydrogen) atoms. The lowest BCUT2D eigenvalue weighted by Gasteiger charge is -2.17. The van der Waals surface area contributed by atoms with E-state index in [2.05, 4.69) is 12.2 Å². The summed E-state index contributed by atoms with van der Waals surface area (Å²) in [5, 5.41) is 4.40. The smallest absolute Gasteiger partial charge is 0.134 e. The molecule has 0 aliphatic heterocycles. The number of hydrogen-bond donors (Lipinski definition) is 1. The molecule has 2 atom stereocenters. The largest absolute Gasteiger partial charge is 0.461 e. The minimum atomic E-state index is -0.197. The predicted molar refractivity (Wildman–Crippen MR) is 79.4 cm³/mol. The van der Waals surface area contributed by atoms with Crippen molar-refractivity contribution in [2.24, 2.45) is 5.92 Å².